The second-order valence-corrected chi connectivity index (χ2v) is 4.29. The lowest BCUT2D eigenvalue weighted by atomic mass is 10.3. The van der Waals surface area contributed by atoms with Crippen molar-refractivity contribution in [2.45, 2.75) is 6.10 Å². The van der Waals surface area contributed by atoms with Crippen LogP contribution in [0.4, 0.5) is 4.39 Å². The van der Waals surface area contributed by atoms with E-state index in [1.54, 1.807) is 23.5 Å². The normalized spacial score (nSPS) is 12.4. The summed E-state index contributed by atoms with van der Waals surface area (Å²) in [5, 5.41) is 1.97. The largest absolute Gasteiger partial charge is 0.483 e. The third-order valence-electron chi connectivity index (χ3n) is 2.15. The fourth-order valence-electron chi connectivity index (χ4n) is 1.40. The molecule has 2 N–H and O–H groups in total. The average Bonchev–Trinajstić information content (AvgIpc) is 2.79. The first-order chi connectivity index (χ1) is 7.79. The van der Waals surface area contributed by atoms with Crippen LogP contribution in [0.5, 0.6) is 5.75 Å². The zero-order valence-corrected chi connectivity index (χ0v) is 9.41. The molecule has 4 heteroatoms. The van der Waals surface area contributed by atoms with E-state index >= 15 is 0 Å². The standard InChI is InChI=1S/C12H12FNOS/c13-9-3-1-4-10(7-9)15-11(8-14)12-5-2-6-16-12/h1-7,11H,8,14H2. The van der Waals surface area contributed by atoms with Crippen LogP contribution in [-0.2, 0) is 0 Å². The van der Waals surface area contributed by atoms with E-state index in [4.69, 9.17) is 10.5 Å². The zero-order valence-electron chi connectivity index (χ0n) is 8.60. The van der Waals surface area contributed by atoms with Crippen LogP contribution in [0.3, 0.4) is 0 Å². The second kappa shape index (κ2) is 5.09. The van der Waals surface area contributed by atoms with Gasteiger partial charge in [-0.2, -0.15) is 0 Å². The Morgan fingerprint density at radius 2 is 2.19 bits per heavy atom. The summed E-state index contributed by atoms with van der Waals surface area (Å²) >= 11 is 1.58. The molecular formula is C12H12FNOS. The number of halogens is 1. The average molecular weight is 237 g/mol. The van der Waals surface area contributed by atoms with Crippen molar-refractivity contribution in [1.82, 2.24) is 0 Å². The van der Waals surface area contributed by atoms with E-state index in [1.807, 2.05) is 17.5 Å². The first kappa shape index (κ1) is 11.1. The molecule has 0 aliphatic rings. The molecule has 0 radical (unpaired) electrons. The van der Waals surface area contributed by atoms with Gasteiger partial charge in [0.2, 0.25) is 0 Å². The molecule has 1 aromatic heterocycles. The zero-order chi connectivity index (χ0) is 11.4. The summed E-state index contributed by atoms with van der Waals surface area (Å²) in [7, 11) is 0. The van der Waals surface area contributed by atoms with Crippen LogP contribution in [-0.4, -0.2) is 6.54 Å². The van der Waals surface area contributed by atoms with Gasteiger partial charge in [-0.1, -0.05) is 12.1 Å². The maximum absolute atomic E-state index is 13.0. The number of benzene rings is 1. The molecule has 0 fully saturated rings. The molecule has 0 saturated heterocycles. The highest BCUT2D eigenvalue weighted by Crippen LogP contribution is 2.24. The van der Waals surface area contributed by atoms with Crippen molar-refractivity contribution in [3.05, 3.63) is 52.5 Å². The van der Waals surface area contributed by atoms with Crippen LogP contribution in [0.2, 0.25) is 0 Å². The summed E-state index contributed by atoms with van der Waals surface area (Å²) in [6.45, 7) is 0.372. The molecular weight excluding hydrogens is 225 g/mol. The van der Waals surface area contributed by atoms with Crippen molar-refractivity contribution >= 4 is 11.3 Å². The molecule has 0 spiro atoms. The van der Waals surface area contributed by atoms with Crippen LogP contribution in [0.25, 0.3) is 0 Å². The molecule has 1 atom stereocenters. The van der Waals surface area contributed by atoms with Gasteiger partial charge >= 0.3 is 0 Å². The summed E-state index contributed by atoms with van der Waals surface area (Å²) < 4.78 is 18.6. The molecule has 16 heavy (non-hydrogen) atoms. The molecule has 84 valence electrons. The smallest absolute Gasteiger partial charge is 0.145 e. The number of rotatable bonds is 4. The van der Waals surface area contributed by atoms with Crippen molar-refractivity contribution in [3.63, 3.8) is 0 Å². The highest BCUT2D eigenvalue weighted by molar-refractivity contribution is 7.10. The van der Waals surface area contributed by atoms with E-state index in [0.29, 0.717) is 12.3 Å². The topological polar surface area (TPSA) is 35.2 Å². The van der Waals surface area contributed by atoms with Gasteiger partial charge in [0.15, 0.2) is 0 Å². The molecule has 1 unspecified atom stereocenters. The minimum atomic E-state index is -0.306. The van der Waals surface area contributed by atoms with E-state index in [-0.39, 0.29) is 11.9 Å². The summed E-state index contributed by atoms with van der Waals surface area (Å²) in [6, 6.07) is 9.98. The summed E-state index contributed by atoms with van der Waals surface area (Å²) in [4.78, 5) is 1.05. The minimum Gasteiger partial charge on any atom is -0.483 e. The molecule has 0 aliphatic carbocycles. The first-order valence-electron chi connectivity index (χ1n) is 4.95. The summed E-state index contributed by atoms with van der Waals surface area (Å²) in [5.74, 6) is 0.198. The molecule has 2 aromatic rings. The third kappa shape index (κ3) is 2.59. The Bertz CT molecular complexity index is 444. The SMILES string of the molecule is NCC(Oc1cccc(F)c1)c1cccs1. The number of hydrogen-bond donors (Lipinski definition) is 1. The summed E-state index contributed by atoms with van der Waals surface area (Å²) in [5.41, 5.74) is 5.64. The fourth-order valence-corrected chi connectivity index (χ4v) is 2.17. The number of thiophene rings is 1. The molecule has 0 amide bonds. The van der Waals surface area contributed by atoms with E-state index in [0.717, 1.165) is 4.88 Å². The van der Waals surface area contributed by atoms with Gasteiger partial charge in [-0.3, -0.25) is 0 Å². The van der Waals surface area contributed by atoms with Gasteiger partial charge in [-0.15, -0.1) is 11.3 Å². The molecule has 1 aromatic carbocycles. The van der Waals surface area contributed by atoms with Crippen molar-refractivity contribution < 1.29 is 9.13 Å². The highest BCUT2D eigenvalue weighted by atomic mass is 32.1. The predicted octanol–water partition coefficient (Wildman–Crippen LogP) is 2.97. The number of nitrogens with two attached hydrogens (primary N) is 1. The number of hydrogen-bond acceptors (Lipinski definition) is 3. The van der Waals surface area contributed by atoms with Gasteiger partial charge in [0.1, 0.15) is 17.7 Å². The van der Waals surface area contributed by atoms with Gasteiger partial charge in [0, 0.05) is 17.5 Å². The minimum absolute atomic E-state index is 0.207. The van der Waals surface area contributed by atoms with Crippen molar-refractivity contribution in [2.75, 3.05) is 6.54 Å². The molecule has 0 aliphatic heterocycles. The van der Waals surface area contributed by atoms with Crippen LogP contribution in [0.1, 0.15) is 11.0 Å². The van der Waals surface area contributed by atoms with E-state index < -0.39 is 0 Å². The van der Waals surface area contributed by atoms with Gasteiger partial charge in [0.25, 0.3) is 0 Å². The lowest BCUT2D eigenvalue weighted by molar-refractivity contribution is 0.217. The third-order valence-corrected chi connectivity index (χ3v) is 3.11. The Labute approximate surface area is 97.5 Å². The van der Waals surface area contributed by atoms with Gasteiger partial charge in [0.05, 0.1) is 0 Å². The van der Waals surface area contributed by atoms with Crippen LogP contribution in [0.15, 0.2) is 41.8 Å². The molecule has 0 bridgehead atoms. The van der Waals surface area contributed by atoms with E-state index in [2.05, 4.69) is 0 Å². The molecule has 2 rings (SSSR count). The van der Waals surface area contributed by atoms with Crippen LogP contribution < -0.4 is 10.5 Å². The Hall–Kier alpha value is -1.39. The number of ether oxygens (including phenoxy) is 1. The lowest BCUT2D eigenvalue weighted by Crippen LogP contribution is -2.17. The second-order valence-electron chi connectivity index (χ2n) is 3.31. The van der Waals surface area contributed by atoms with Crippen LogP contribution >= 0.6 is 11.3 Å². The Morgan fingerprint density at radius 1 is 1.31 bits per heavy atom. The van der Waals surface area contributed by atoms with Gasteiger partial charge < -0.3 is 10.5 Å². The predicted molar refractivity (Wildman–Crippen MR) is 63.1 cm³/mol. The summed E-state index contributed by atoms with van der Waals surface area (Å²) in [6.07, 6.45) is -0.207. The molecule has 0 saturated carbocycles. The van der Waals surface area contributed by atoms with Gasteiger partial charge in [-0.25, -0.2) is 4.39 Å². The van der Waals surface area contributed by atoms with E-state index in [9.17, 15) is 4.39 Å². The molecule has 2 nitrogen and oxygen atoms in total. The monoisotopic (exact) mass is 237 g/mol. The van der Waals surface area contributed by atoms with Crippen LogP contribution in [0, 0.1) is 5.82 Å². The first-order valence-corrected chi connectivity index (χ1v) is 5.83. The quantitative estimate of drug-likeness (QED) is 0.887. The Morgan fingerprint density at radius 3 is 2.81 bits per heavy atom. The maximum Gasteiger partial charge on any atom is 0.145 e. The fraction of sp³-hybridized carbons (Fsp3) is 0.167. The van der Waals surface area contributed by atoms with Crippen molar-refractivity contribution in [1.29, 1.82) is 0 Å². The molecule has 1 heterocycles. The highest BCUT2D eigenvalue weighted by Gasteiger charge is 2.12. The van der Waals surface area contributed by atoms with Crippen molar-refractivity contribution in [3.8, 4) is 5.75 Å². The Kier molecular flexibility index (Phi) is 3.54. The Balaban J connectivity index is 2.13. The van der Waals surface area contributed by atoms with E-state index in [1.165, 1.54) is 12.1 Å². The maximum atomic E-state index is 13.0. The van der Waals surface area contributed by atoms with Gasteiger partial charge in [-0.05, 0) is 23.6 Å². The lowest BCUT2D eigenvalue weighted by Gasteiger charge is -2.15. The van der Waals surface area contributed by atoms with Crippen molar-refractivity contribution in [2.24, 2.45) is 5.73 Å².